The zero-order valence-electron chi connectivity index (χ0n) is 30.9. The third kappa shape index (κ3) is 7.17. The van der Waals surface area contributed by atoms with Crippen molar-refractivity contribution < 1.29 is 29.0 Å². The zero-order valence-corrected chi connectivity index (χ0v) is 30.9. The van der Waals surface area contributed by atoms with Crippen molar-refractivity contribution in [2.24, 2.45) is 11.8 Å². The van der Waals surface area contributed by atoms with E-state index < -0.39 is 29.1 Å². The second kappa shape index (κ2) is 16.5. The molecule has 2 unspecified atom stereocenters. The van der Waals surface area contributed by atoms with Crippen molar-refractivity contribution in [3.05, 3.63) is 73.8 Å². The van der Waals surface area contributed by atoms with E-state index in [0.717, 1.165) is 31.6 Å². The lowest BCUT2D eigenvalue weighted by molar-refractivity contribution is -0.144. The van der Waals surface area contributed by atoms with Crippen molar-refractivity contribution in [1.29, 1.82) is 0 Å². The SMILES string of the molecule is C=CCN(C(=O)C1N(CCCCCCO)C(=O)[C@@H]2[C@H](C(=O)N(CC=C)c3ccc(OCC)cc3)[C@]3(C)CCC12O3)c1ccc(N(CC)CC)cc1. The largest absolute Gasteiger partial charge is 0.494 e. The molecule has 10 heteroatoms. The van der Waals surface area contributed by atoms with E-state index in [-0.39, 0.29) is 37.4 Å². The highest BCUT2D eigenvalue weighted by molar-refractivity contribution is 6.07. The van der Waals surface area contributed by atoms with Crippen molar-refractivity contribution in [3.8, 4) is 5.75 Å². The highest BCUT2D eigenvalue weighted by atomic mass is 16.5. The van der Waals surface area contributed by atoms with Crippen LogP contribution in [0.5, 0.6) is 5.75 Å². The highest BCUT2D eigenvalue weighted by Crippen LogP contribution is 2.63. The van der Waals surface area contributed by atoms with E-state index in [1.54, 1.807) is 26.9 Å². The number of aliphatic hydroxyl groups excluding tert-OH is 1. The molecule has 2 aromatic rings. The van der Waals surface area contributed by atoms with E-state index in [1.165, 1.54) is 0 Å². The highest BCUT2D eigenvalue weighted by Gasteiger charge is 2.78. The van der Waals surface area contributed by atoms with Gasteiger partial charge in [-0.1, -0.05) is 25.0 Å². The second-order valence-corrected chi connectivity index (χ2v) is 14.0. The van der Waals surface area contributed by atoms with E-state index in [2.05, 4.69) is 31.9 Å². The van der Waals surface area contributed by atoms with E-state index in [4.69, 9.17) is 9.47 Å². The lowest BCUT2D eigenvalue weighted by Gasteiger charge is -2.37. The molecule has 3 amide bonds. The van der Waals surface area contributed by atoms with Crippen LogP contribution in [0.25, 0.3) is 0 Å². The standard InChI is InChI=1S/C41H56N4O6/c1-7-26-43(32-20-22-33(23-21-32)50-11-5)37(47)34-35-38(48)45(28-14-12-13-15-29-46)36(41(35)25-24-40(34,6)51-41)39(49)44(27-8-2)31-18-16-30(17-19-31)42(9-3)10-4/h7-8,16-23,34-36,46H,1-2,9-15,24-29H2,3-6H3/t34-,35+,36?,40+,41?/m1/s1. The van der Waals surface area contributed by atoms with Gasteiger partial charge in [0.15, 0.2) is 0 Å². The van der Waals surface area contributed by atoms with E-state index >= 15 is 4.79 Å². The van der Waals surface area contributed by atoms with Crippen LogP contribution >= 0.6 is 0 Å². The number of nitrogens with zero attached hydrogens (tertiary/aromatic N) is 4. The average Bonchev–Trinajstić information content (AvgIpc) is 3.70. The molecule has 3 heterocycles. The summed E-state index contributed by atoms with van der Waals surface area (Å²) < 4.78 is 12.6. The van der Waals surface area contributed by atoms with Crippen LogP contribution in [0, 0.1) is 11.8 Å². The summed E-state index contributed by atoms with van der Waals surface area (Å²) in [4.78, 5) is 52.0. The quantitative estimate of drug-likeness (QED) is 0.142. The summed E-state index contributed by atoms with van der Waals surface area (Å²) in [5, 5.41) is 9.33. The van der Waals surface area contributed by atoms with Crippen LogP contribution < -0.4 is 19.4 Å². The Balaban J connectivity index is 1.53. The molecule has 1 spiro atoms. The van der Waals surface area contributed by atoms with Crippen LogP contribution in [0.4, 0.5) is 17.1 Å². The van der Waals surface area contributed by atoms with Gasteiger partial charge in [0, 0.05) is 56.4 Å². The van der Waals surface area contributed by atoms with Crippen LogP contribution in [0.3, 0.4) is 0 Å². The number of rotatable bonds is 19. The number of amides is 3. The van der Waals surface area contributed by atoms with Gasteiger partial charge in [0.1, 0.15) is 17.4 Å². The van der Waals surface area contributed by atoms with E-state index in [0.29, 0.717) is 56.0 Å². The van der Waals surface area contributed by atoms with E-state index in [1.807, 2.05) is 62.4 Å². The number of likely N-dealkylation sites (tertiary alicyclic amines) is 1. The van der Waals surface area contributed by atoms with Gasteiger partial charge in [0.25, 0.3) is 5.91 Å². The Hall–Kier alpha value is -4.15. The predicted molar refractivity (Wildman–Crippen MR) is 202 cm³/mol. The van der Waals surface area contributed by atoms with Crippen molar-refractivity contribution in [2.45, 2.75) is 83.5 Å². The van der Waals surface area contributed by atoms with Crippen molar-refractivity contribution in [3.63, 3.8) is 0 Å². The fourth-order valence-corrected chi connectivity index (χ4v) is 8.61. The number of anilines is 3. The molecule has 2 bridgehead atoms. The van der Waals surface area contributed by atoms with Gasteiger partial charge in [-0.15, -0.1) is 13.2 Å². The van der Waals surface area contributed by atoms with Crippen LogP contribution in [-0.4, -0.2) is 90.9 Å². The fourth-order valence-electron chi connectivity index (χ4n) is 8.61. The van der Waals surface area contributed by atoms with Gasteiger partial charge < -0.3 is 34.2 Å². The molecule has 0 aliphatic carbocycles. The summed E-state index contributed by atoms with van der Waals surface area (Å²) in [6, 6.07) is 14.4. The maximum absolute atomic E-state index is 15.0. The number of ether oxygens (including phenoxy) is 2. The van der Waals surface area contributed by atoms with Crippen LogP contribution in [0.2, 0.25) is 0 Å². The second-order valence-electron chi connectivity index (χ2n) is 14.0. The number of carbonyl (C=O) groups excluding carboxylic acids is 3. The fraction of sp³-hybridized carbons (Fsp3) is 0.537. The molecule has 276 valence electrons. The molecular weight excluding hydrogens is 644 g/mol. The van der Waals surface area contributed by atoms with Gasteiger partial charge in [0.2, 0.25) is 11.8 Å². The molecule has 0 aromatic heterocycles. The van der Waals surface area contributed by atoms with Crippen LogP contribution in [-0.2, 0) is 19.1 Å². The number of aliphatic hydroxyl groups is 1. The van der Waals surface area contributed by atoms with Gasteiger partial charge in [-0.3, -0.25) is 14.4 Å². The first-order valence-electron chi connectivity index (χ1n) is 18.7. The summed E-state index contributed by atoms with van der Waals surface area (Å²) in [7, 11) is 0. The number of carbonyl (C=O) groups is 3. The third-order valence-corrected chi connectivity index (χ3v) is 11.0. The number of fused-ring (bicyclic) bond motifs is 1. The van der Waals surface area contributed by atoms with Crippen molar-refractivity contribution in [1.82, 2.24) is 4.90 Å². The normalized spacial score (nSPS) is 24.7. The molecule has 10 nitrogen and oxygen atoms in total. The predicted octanol–water partition coefficient (Wildman–Crippen LogP) is 5.99. The molecule has 1 N–H and O–H groups in total. The van der Waals surface area contributed by atoms with Gasteiger partial charge >= 0.3 is 0 Å². The minimum atomic E-state index is -1.16. The molecule has 2 aromatic carbocycles. The number of hydrogen-bond acceptors (Lipinski definition) is 7. The summed E-state index contributed by atoms with van der Waals surface area (Å²) in [5.41, 5.74) is 0.367. The Kier molecular flexibility index (Phi) is 12.3. The Morgan fingerprint density at radius 1 is 0.882 bits per heavy atom. The van der Waals surface area contributed by atoms with Gasteiger partial charge in [-0.2, -0.15) is 0 Å². The summed E-state index contributed by atoms with van der Waals surface area (Å²) in [5.74, 6) is -1.56. The minimum absolute atomic E-state index is 0.115. The van der Waals surface area contributed by atoms with Gasteiger partial charge in [-0.25, -0.2) is 0 Å². The average molecular weight is 701 g/mol. The molecule has 0 saturated carbocycles. The first-order valence-corrected chi connectivity index (χ1v) is 18.7. The first kappa shape index (κ1) is 38.1. The Morgan fingerprint density at radius 2 is 1.45 bits per heavy atom. The van der Waals surface area contributed by atoms with Crippen LogP contribution in [0.1, 0.15) is 66.2 Å². The Bertz CT molecular complexity index is 1540. The molecule has 3 aliphatic heterocycles. The molecule has 3 aliphatic rings. The lowest BCUT2D eigenvalue weighted by atomic mass is 9.66. The minimum Gasteiger partial charge on any atom is -0.494 e. The molecule has 51 heavy (non-hydrogen) atoms. The molecule has 5 rings (SSSR count). The van der Waals surface area contributed by atoms with Crippen molar-refractivity contribution in [2.75, 3.05) is 60.6 Å². The maximum Gasteiger partial charge on any atom is 0.253 e. The molecule has 0 radical (unpaired) electrons. The number of unbranched alkanes of at least 4 members (excludes halogenated alkanes) is 3. The molecule has 3 saturated heterocycles. The first-order chi connectivity index (χ1) is 24.6. The molecule has 3 fully saturated rings. The lowest BCUT2D eigenvalue weighted by Crippen LogP contribution is -2.56. The topological polar surface area (TPSA) is 103 Å². The van der Waals surface area contributed by atoms with Crippen molar-refractivity contribution >= 4 is 34.8 Å². The van der Waals surface area contributed by atoms with Gasteiger partial charge in [-0.05, 0) is 102 Å². The Morgan fingerprint density at radius 3 is 2.02 bits per heavy atom. The monoisotopic (exact) mass is 700 g/mol. The third-order valence-electron chi connectivity index (χ3n) is 11.0. The number of benzene rings is 2. The number of hydrogen-bond donors (Lipinski definition) is 1. The Labute approximate surface area is 303 Å². The summed E-state index contributed by atoms with van der Waals surface area (Å²) >= 11 is 0. The van der Waals surface area contributed by atoms with Gasteiger partial charge in [0.05, 0.1) is 24.0 Å². The zero-order chi connectivity index (χ0) is 36.8. The summed E-state index contributed by atoms with van der Waals surface area (Å²) in [6.07, 6.45) is 7.40. The van der Waals surface area contributed by atoms with Crippen LogP contribution in [0.15, 0.2) is 73.8 Å². The molecular formula is C41H56N4O6. The maximum atomic E-state index is 15.0. The summed E-state index contributed by atoms with van der Waals surface area (Å²) in [6.45, 7) is 19.2. The van der Waals surface area contributed by atoms with E-state index in [9.17, 15) is 14.7 Å². The smallest absolute Gasteiger partial charge is 0.253 e. The molecule has 5 atom stereocenters.